The Bertz CT molecular complexity index is 660. The summed E-state index contributed by atoms with van der Waals surface area (Å²) in [7, 11) is 1.90. The lowest BCUT2D eigenvalue weighted by Gasteiger charge is -2.22. The molecular weight excluding hydrogens is 312 g/mol. The van der Waals surface area contributed by atoms with E-state index in [-0.39, 0.29) is 5.91 Å². The van der Waals surface area contributed by atoms with E-state index in [0.29, 0.717) is 0 Å². The number of H-pyrrole nitrogens is 1. The zero-order valence-electron chi connectivity index (χ0n) is 15.1. The maximum atomic E-state index is 12.7. The van der Waals surface area contributed by atoms with E-state index in [9.17, 15) is 4.79 Å². The largest absolute Gasteiger partial charge is 0.342 e. The molecule has 0 spiro atoms. The van der Waals surface area contributed by atoms with Crippen LogP contribution in [0.3, 0.4) is 0 Å². The van der Waals surface area contributed by atoms with E-state index in [0.717, 1.165) is 36.2 Å². The van der Waals surface area contributed by atoms with Gasteiger partial charge in [-0.05, 0) is 56.6 Å². The number of rotatable bonds is 6. The summed E-state index contributed by atoms with van der Waals surface area (Å²) in [6.07, 6.45) is 10.0. The van der Waals surface area contributed by atoms with Gasteiger partial charge in [0.1, 0.15) is 0 Å². The second kappa shape index (κ2) is 8.81. The molecule has 5 heteroatoms. The van der Waals surface area contributed by atoms with Crippen molar-refractivity contribution >= 4 is 5.91 Å². The van der Waals surface area contributed by atoms with Crippen LogP contribution in [-0.4, -0.2) is 59.1 Å². The number of amides is 1. The van der Waals surface area contributed by atoms with Gasteiger partial charge in [0.15, 0.2) is 0 Å². The van der Waals surface area contributed by atoms with Crippen LogP contribution in [0.4, 0.5) is 0 Å². The van der Waals surface area contributed by atoms with Crippen LogP contribution >= 0.6 is 0 Å². The summed E-state index contributed by atoms with van der Waals surface area (Å²) in [6, 6.07) is 7.76. The lowest BCUT2D eigenvalue weighted by Crippen LogP contribution is -2.32. The zero-order chi connectivity index (χ0) is 17.5. The Morgan fingerprint density at radius 3 is 2.72 bits per heavy atom. The monoisotopic (exact) mass is 340 g/mol. The van der Waals surface area contributed by atoms with Gasteiger partial charge in [-0.1, -0.05) is 25.0 Å². The van der Waals surface area contributed by atoms with Gasteiger partial charge in [-0.25, -0.2) is 0 Å². The first-order valence-corrected chi connectivity index (χ1v) is 9.31. The van der Waals surface area contributed by atoms with Crippen molar-refractivity contribution in [3.05, 3.63) is 42.2 Å². The van der Waals surface area contributed by atoms with Gasteiger partial charge in [-0.3, -0.25) is 9.89 Å². The van der Waals surface area contributed by atoms with Gasteiger partial charge in [0.25, 0.3) is 5.91 Å². The van der Waals surface area contributed by atoms with E-state index < -0.39 is 0 Å². The third-order valence-electron chi connectivity index (χ3n) is 4.95. The Hall–Kier alpha value is -2.14. The van der Waals surface area contributed by atoms with Crippen LogP contribution in [0.5, 0.6) is 0 Å². The first-order chi connectivity index (χ1) is 12.2. The van der Waals surface area contributed by atoms with Crippen LogP contribution in [0, 0.1) is 0 Å². The molecule has 0 saturated carbocycles. The maximum Gasteiger partial charge on any atom is 0.253 e. The minimum absolute atomic E-state index is 0.0845. The molecule has 25 heavy (non-hydrogen) atoms. The lowest BCUT2D eigenvalue weighted by molar-refractivity contribution is 0.0788. The number of hydrogen-bond acceptors (Lipinski definition) is 3. The number of aromatic amines is 1. The van der Waals surface area contributed by atoms with Gasteiger partial charge in [0.2, 0.25) is 0 Å². The molecule has 0 radical (unpaired) electrons. The van der Waals surface area contributed by atoms with Crippen LogP contribution in [-0.2, 0) is 0 Å². The lowest BCUT2D eigenvalue weighted by atomic mass is 10.1. The van der Waals surface area contributed by atoms with Gasteiger partial charge >= 0.3 is 0 Å². The molecule has 1 aromatic heterocycles. The average Bonchev–Trinajstić information content (AvgIpc) is 3.06. The molecule has 0 atom stereocenters. The summed E-state index contributed by atoms with van der Waals surface area (Å²) in [5.41, 5.74) is 2.74. The molecule has 1 aromatic carbocycles. The summed E-state index contributed by atoms with van der Waals surface area (Å²) in [5.74, 6) is 0.0845. The van der Waals surface area contributed by atoms with Gasteiger partial charge < -0.3 is 9.80 Å². The molecule has 2 aromatic rings. The molecular formula is C20H28N4O. The third-order valence-corrected chi connectivity index (χ3v) is 4.95. The molecule has 134 valence electrons. The molecule has 0 unspecified atom stereocenters. The van der Waals surface area contributed by atoms with E-state index in [1.165, 1.54) is 38.8 Å². The van der Waals surface area contributed by atoms with Crippen LogP contribution in [0.15, 0.2) is 36.7 Å². The Morgan fingerprint density at radius 2 is 2.00 bits per heavy atom. The molecule has 1 saturated heterocycles. The first kappa shape index (κ1) is 17.7. The summed E-state index contributed by atoms with van der Waals surface area (Å²) < 4.78 is 0. The maximum absolute atomic E-state index is 12.7. The van der Waals surface area contributed by atoms with E-state index >= 15 is 0 Å². The predicted molar refractivity (Wildman–Crippen MR) is 101 cm³/mol. The van der Waals surface area contributed by atoms with Crippen molar-refractivity contribution in [1.82, 2.24) is 20.0 Å². The van der Waals surface area contributed by atoms with Gasteiger partial charge in [-0.15, -0.1) is 0 Å². The summed E-state index contributed by atoms with van der Waals surface area (Å²) >= 11 is 0. The number of likely N-dealkylation sites (tertiary alicyclic amines) is 1. The second-order valence-corrected chi connectivity index (χ2v) is 6.90. The minimum Gasteiger partial charge on any atom is -0.342 e. The Morgan fingerprint density at radius 1 is 1.20 bits per heavy atom. The first-order valence-electron chi connectivity index (χ1n) is 9.31. The molecule has 0 bridgehead atoms. The van der Waals surface area contributed by atoms with Gasteiger partial charge in [0.05, 0.1) is 6.20 Å². The van der Waals surface area contributed by atoms with Crippen LogP contribution in [0.1, 0.15) is 42.5 Å². The average molecular weight is 340 g/mol. The smallest absolute Gasteiger partial charge is 0.253 e. The van der Waals surface area contributed by atoms with Crippen LogP contribution < -0.4 is 0 Å². The molecule has 1 aliphatic heterocycles. The third kappa shape index (κ3) is 4.92. The van der Waals surface area contributed by atoms with E-state index in [2.05, 4.69) is 15.1 Å². The fourth-order valence-electron chi connectivity index (χ4n) is 3.45. The van der Waals surface area contributed by atoms with E-state index in [1.807, 2.05) is 42.4 Å². The normalized spacial score (nSPS) is 15.7. The number of nitrogens with zero attached hydrogens (tertiary/aromatic N) is 3. The number of benzene rings is 1. The second-order valence-electron chi connectivity index (χ2n) is 6.90. The van der Waals surface area contributed by atoms with Crippen LogP contribution in [0.2, 0.25) is 0 Å². The van der Waals surface area contributed by atoms with Crippen molar-refractivity contribution in [3.8, 4) is 11.1 Å². The van der Waals surface area contributed by atoms with Crippen molar-refractivity contribution in [2.75, 3.05) is 33.2 Å². The highest BCUT2D eigenvalue weighted by Gasteiger charge is 2.14. The summed E-state index contributed by atoms with van der Waals surface area (Å²) in [4.78, 5) is 17.1. The standard InChI is InChI=1S/C20H28N4O/c1-23(10-7-13-24-11-4-2-3-5-12-24)20(25)18-9-6-8-17(14-18)19-15-21-22-16-19/h6,8-9,14-16H,2-5,7,10-13H2,1H3,(H,21,22). The highest BCUT2D eigenvalue weighted by atomic mass is 16.2. The molecule has 1 aliphatic rings. The molecule has 3 rings (SSSR count). The molecule has 1 N–H and O–H groups in total. The Labute approximate surface area is 150 Å². The molecule has 1 amide bonds. The highest BCUT2D eigenvalue weighted by molar-refractivity contribution is 5.95. The van der Waals surface area contributed by atoms with Crippen molar-refractivity contribution in [2.45, 2.75) is 32.1 Å². The minimum atomic E-state index is 0.0845. The fraction of sp³-hybridized carbons (Fsp3) is 0.500. The number of carbonyl (C=O) groups is 1. The van der Waals surface area contributed by atoms with Crippen molar-refractivity contribution in [2.24, 2.45) is 0 Å². The Kier molecular flexibility index (Phi) is 6.23. The molecule has 1 fully saturated rings. The molecule has 5 nitrogen and oxygen atoms in total. The number of aromatic nitrogens is 2. The predicted octanol–water partition coefficient (Wildman–Crippen LogP) is 3.41. The SMILES string of the molecule is CN(CCCN1CCCCCC1)C(=O)c1cccc(-c2cn[nH]c2)c1. The Balaban J connectivity index is 1.52. The summed E-state index contributed by atoms with van der Waals surface area (Å²) in [6.45, 7) is 4.31. The zero-order valence-corrected chi connectivity index (χ0v) is 15.1. The fourth-order valence-corrected chi connectivity index (χ4v) is 3.45. The van der Waals surface area contributed by atoms with Gasteiger partial charge in [-0.2, -0.15) is 5.10 Å². The van der Waals surface area contributed by atoms with Crippen molar-refractivity contribution < 1.29 is 4.79 Å². The molecule has 2 heterocycles. The molecule has 0 aliphatic carbocycles. The van der Waals surface area contributed by atoms with E-state index in [1.54, 1.807) is 6.20 Å². The number of carbonyl (C=O) groups excluding carboxylic acids is 1. The van der Waals surface area contributed by atoms with Crippen LogP contribution in [0.25, 0.3) is 11.1 Å². The topological polar surface area (TPSA) is 52.2 Å². The number of hydrogen-bond donors (Lipinski definition) is 1. The van der Waals surface area contributed by atoms with Gasteiger partial charge in [0, 0.05) is 30.9 Å². The van der Waals surface area contributed by atoms with Crippen molar-refractivity contribution in [3.63, 3.8) is 0 Å². The van der Waals surface area contributed by atoms with E-state index in [4.69, 9.17) is 0 Å². The highest BCUT2D eigenvalue weighted by Crippen LogP contribution is 2.19. The van der Waals surface area contributed by atoms with Crippen molar-refractivity contribution in [1.29, 1.82) is 0 Å². The quantitative estimate of drug-likeness (QED) is 0.877. The summed E-state index contributed by atoms with van der Waals surface area (Å²) in [5, 5.41) is 6.79. The number of nitrogens with one attached hydrogen (secondary N) is 1.